The van der Waals surface area contributed by atoms with Crippen molar-refractivity contribution in [2.75, 3.05) is 28.6 Å². The van der Waals surface area contributed by atoms with Crippen LogP contribution in [0.25, 0.3) is 5.57 Å². The highest BCUT2D eigenvalue weighted by Gasteiger charge is 2.39. The molecule has 0 spiro atoms. The number of carbonyl (C=O) groups is 2. The van der Waals surface area contributed by atoms with Crippen LogP contribution in [0.1, 0.15) is 30.9 Å². The van der Waals surface area contributed by atoms with Crippen LogP contribution in [0.15, 0.2) is 53.4 Å². The number of benzene rings is 2. The monoisotopic (exact) mass is 392 g/mol. The summed E-state index contributed by atoms with van der Waals surface area (Å²) < 4.78 is 0. The van der Waals surface area contributed by atoms with Gasteiger partial charge in [0.25, 0.3) is 11.8 Å². The summed E-state index contributed by atoms with van der Waals surface area (Å²) in [6, 6.07) is 15.6. The van der Waals surface area contributed by atoms with Gasteiger partial charge in [0, 0.05) is 18.8 Å². The molecule has 0 radical (unpaired) electrons. The molecule has 1 fully saturated rings. The summed E-state index contributed by atoms with van der Waals surface area (Å²) in [6.45, 7) is 6.14. The summed E-state index contributed by atoms with van der Waals surface area (Å²) in [7, 11) is 0. The number of nitrogens with zero attached hydrogens (tertiary/aromatic N) is 2. The van der Waals surface area contributed by atoms with Crippen molar-refractivity contribution in [1.82, 2.24) is 0 Å². The van der Waals surface area contributed by atoms with E-state index in [1.54, 1.807) is 0 Å². The van der Waals surface area contributed by atoms with Crippen LogP contribution in [0.4, 0.5) is 11.4 Å². The second kappa shape index (κ2) is 7.84. The van der Waals surface area contributed by atoms with Gasteiger partial charge in [-0.15, -0.1) is 11.8 Å². The lowest BCUT2D eigenvalue weighted by Gasteiger charge is -2.20. The van der Waals surface area contributed by atoms with Gasteiger partial charge in [-0.1, -0.05) is 36.8 Å². The second-order valence-electron chi connectivity index (χ2n) is 7.16. The van der Waals surface area contributed by atoms with Crippen LogP contribution in [0.5, 0.6) is 0 Å². The van der Waals surface area contributed by atoms with Crippen molar-refractivity contribution in [1.29, 1.82) is 0 Å². The predicted octanol–water partition coefficient (Wildman–Crippen LogP) is 4.63. The molecule has 2 aliphatic rings. The molecule has 0 aromatic heterocycles. The first kappa shape index (κ1) is 18.8. The fraction of sp³-hybridized carbons (Fsp3) is 0.304. The van der Waals surface area contributed by atoms with Crippen LogP contribution < -0.4 is 9.80 Å². The Bertz CT molecular complexity index is 926. The molecule has 0 unspecified atom stereocenters. The van der Waals surface area contributed by atoms with Crippen molar-refractivity contribution >= 4 is 40.5 Å². The van der Waals surface area contributed by atoms with Crippen molar-refractivity contribution in [3.63, 3.8) is 0 Å². The van der Waals surface area contributed by atoms with Gasteiger partial charge in [0.15, 0.2) is 0 Å². The SMILES string of the molecule is CCSC1=C(c2ccc(C)cc2)C(=O)N(c2ccc(N3CCCC3)cc2)C1=O. The van der Waals surface area contributed by atoms with Gasteiger partial charge in [-0.05, 0) is 55.3 Å². The lowest BCUT2D eigenvalue weighted by atomic mass is 10.0. The maximum atomic E-state index is 13.3. The van der Waals surface area contributed by atoms with E-state index >= 15 is 0 Å². The fourth-order valence-corrected chi connectivity index (χ4v) is 4.64. The topological polar surface area (TPSA) is 40.6 Å². The van der Waals surface area contributed by atoms with E-state index in [2.05, 4.69) is 4.90 Å². The van der Waals surface area contributed by atoms with Crippen molar-refractivity contribution in [2.24, 2.45) is 0 Å². The minimum atomic E-state index is -0.237. The Morgan fingerprint density at radius 2 is 1.46 bits per heavy atom. The average Bonchev–Trinajstić information content (AvgIpc) is 3.31. The van der Waals surface area contributed by atoms with Crippen molar-refractivity contribution in [3.05, 3.63) is 64.6 Å². The summed E-state index contributed by atoms with van der Waals surface area (Å²) in [4.78, 5) is 30.6. The molecule has 0 aliphatic carbocycles. The summed E-state index contributed by atoms with van der Waals surface area (Å²) in [5.74, 6) is 0.283. The highest BCUT2D eigenvalue weighted by Crippen LogP contribution is 2.38. The van der Waals surface area contributed by atoms with Gasteiger partial charge in [-0.25, -0.2) is 4.90 Å². The van der Waals surface area contributed by atoms with E-state index in [9.17, 15) is 9.59 Å². The van der Waals surface area contributed by atoms with Gasteiger partial charge >= 0.3 is 0 Å². The average molecular weight is 393 g/mol. The molecule has 2 amide bonds. The number of anilines is 2. The maximum absolute atomic E-state index is 13.3. The zero-order chi connectivity index (χ0) is 19.7. The number of hydrogen-bond acceptors (Lipinski definition) is 4. The van der Waals surface area contributed by atoms with Gasteiger partial charge in [-0.2, -0.15) is 0 Å². The minimum Gasteiger partial charge on any atom is -0.372 e. The van der Waals surface area contributed by atoms with Crippen LogP contribution in [0, 0.1) is 6.92 Å². The molecule has 2 aromatic carbocycles. The third kappa shape index (κ3) is 3.35. The third-order valence-corrected chi connectivity index (χ3v) is 6.21. The molecule has 28 heavy (non-hydrogen) atoms. The van der Waals surface area contributed by atoms with Gasteiger partial charge < -0.3 is 4.90 Å². The Morgan fingerprint density at radius 1 is 0.857 bits per heavy atom. The van der Waals surface area contributed by atoms with E-state index in [1.165, 1.54) is 29.5 Å². The molecule has 2 aromatic rings. The molecule has 0 atom stereocenters. The van der Waals surface area contributed by atoms with E-state index in [0.717, 1.165) is 35.7 Å². The lowest BCUT2D eigenvalue weighted by molar-refractivity contribution is -0.119. The van der Waals surface area contributed by atoms with Gasteiger partial charge in [-0.3, -0.25) is 9.59 Å². The summed E-state index contributed by atoms with van der Waals surface area (Å²) in [5, 5.41) is 0. The third-order valence-electron chi connectivity index (χ3n) is 5.25. The predicted molar refractivity (Wildman–Crippen MR) is 117 cm³/mol. The van der Waals surface area contributed by atoms with E-state index in [-0.39, 0.29) is 11.8 Å². The fourth-order valence-electron chi connectivity index (χ4n) is 3.79. The Hall–Kier alpha value is -2.53. The largest absolute Gasteiger partial charge is 0.372 e. The Balaban J connectivity index is 1.67. The molecular weight excluding hydrogens is 368 g/mol. The first-order valence-corrected chi connectivity index (χ1v) is 10.8. The minimum absolute atomic E-state index is 0.221. The van der Waals surface area contributed by atoms with E-state index in [0.29, 0.717) is 16.2 Å². The summed E-state index contributed by atoms with van der Waals surface area (Å²) >= 11 is 1.44. The molecule has 0 saturated carbocycles. The van der Waals surface area contributed by atoms with Crippen LogP contribution in [0.2, 0.25) is 0 Å². The molecule has 0 bridgehead atoms. The van der Waals surface area contributed by atoms with Gasteiger partial charge in [0.1, 0.15) is 0 Å². The van der Waals surface area contributed by atoms with E-state index < -0.39 is 0 Å². The number of amides is 2. The number of carbonyl (C=O) groups excluding carboxylic acids is 2. The number of thioether (sulfide) groups is 1. The number of hydrogen-bond donors (Lipinski definition) is 0. The maximum Gasteiger partial charge on any atom is 0.272 e. The molecule has 2 heterocycles. The first-order valence-electron chi connectivity index (χ1n) is 9.78. The van der Waals surface area contributed by atoms with Crippen molar-refractivity contribution in [3.8, 4) is 0 Å². The lowest BCUT2D eigenvalue weighted by Crippen LogP contribution is -2.31. The zero-order valence-corrected chi connectivity index (χ0v) is 17.1. The molecule has 4 nitrogen and oxygen atoms in total. The number of aryl methyl sites for hydroxylation is 1. The van der Waals surface area contributed by atoms with Crippen molar-refractivity contribution in [2.45, 2.75) is 26.7 Å². The molecule has 144 valence electrons. The molecular formula is C23H24N2O2S. The summed E-state index contributed by atoms with van der Waals surface area (Å²) in [5.41, 5.74) is 4.22. The highest BCUT2D eigenvalue weighted by atomic mass is 32.2. The number of imide groups is 1. The first-order chi connectivity index (χ1) is 13.6. The van der Waals surface area contributed by atoms with Crippen molar-refractivity contribution < 1.29 is 9.59 Å². The van der Waals surface area contributed by atoms with Crippen LogP contribution in [0.3, 0.4) is 0 Å². The standard InChI is InChI=1S/C23H24N2O2S/c1-3-28-21-20(17-8-6-16(2)7-9-17)22(26)25(23(21)27)19-12-10-18(11-13-19)24-14-4-5-15-24/h6-13H,3-5,14-15H2,1-2H3. The Labute approximate surface area is 170 Å². The van der Waals surface area contributed by atoms with Crippen LogP contribution >= 0.6 is 11.8 Å². The second-order valence-corrected chi connectivity index (χ2v) is 8.43. The molecule has 5 heteroatoms. The van der Waals surface area contributed by atoms with E-state index in [1.807, 2.05) is 62.4 Å². The quantitative estimate of drug-likeness (QED) is 0.696. The zero-order valence-electron chi connectivity index (χ0n) is 16.3. The molecule has 1 saturated heterocycles. The Kier molecular flexibility index (Phi) is 5.27. The summed E-state index contributed by atoms with van der Waals surface area (Å²) in [6.07, 6.45) is 2.43. The molecule has 4 rings (SSSR count). The van der Waals surface area contributed by atoms with Crippen LogP contribution in [-0.2, 0) is 9.59 Å². The molecule has 0 N–H and O–H groups in total. The molecule has 2 aliphatic heterocycles. The van der Waals surface area contributed by atoms with Gasteiger partial charge in [0.2, 0.25) is 0 Å². The van der Waals surface area contributed by atoms with E-state index in [4.69, 9.17) is 0 Å². The van der Waals surface area contributed by atoms with Gasteiger partial charge in [0.05, 0.1) is 16.2 Å². The smallest absolute Gasteiger partial charge is 0.272 e. The number of rotatable bonds is 5. The normalized spacial score (nSPS) is 17.2. The Morgan fingerprint density at radius 3 is 2.07 bits per heavy atom. The van der Waals surface area contributed by atoms with Crippen LogP contribution in [-0.4, -0.2) is 30.7 Å². The highest BCUT2D eigenvalue weighted by molar-refractivity contribution is 8.04.